The van der Waals surface area contributed by atoms with Crippen molar-refractivity contribution in [2.45, 2.75) is 19.3 Å². The van der Waals surface area contributed by atoms with E-state index in [1.807, 2.05) is 18.2 Å². The van der Waals surface area contributed by atoms with Crippen LogP contribution in [0.1, 0.15) is 18.4 Å². The average molecular weight is 207 g/mol. The molecule has 0 fully saturated rings. The van der Waals surface area contributed by atoms with Crippen molar-refractivity contribution >= 4 is 6.03 Å². The number of hydrogen-bond acceptors (Lipinski definition) is 2. The molecular weight excluding hydrogens is 190 g/mol. The van der Waals surface area contributed by atoms with Gasteiger partial charge in [0.05, 0.1) is 0 Å². The third kappa shape index (κ3) is 5.70. The van der Waals surface area contributed by atoms with E-state index in [1.165, 1.54) is 5.56 Å². The van der Waals surface area contributed by atoms with Crippen molar-refractivity contribution in [2.75, 3.05) is 6.54 Å². The molecule has 1 aromatic carbocycles. The number of nitrogens with one attached hydrogen (secondary N) is 2. The second-order valence-electron chi connectivity index (χ2n) is 3.36. The highest BCUT2D eigenvalue weighted by Crippen LogP contribution is 2.03. The Morgan fingerprint density at radius 1 is 1.20 bits per heavy atom. The monoisotopic (exact) mass is 207 g/mol. The zero-order chi connectivity index (χ0) is 10.9. The first-order chi connectivity index (χ1) is 7.29. The van der Waals surface area contributed by atoms with Gasteiger partial charge in [0.2, 0.25) is 0 Å². The normalized spacial score (nSPS) is 9.87. The largest absolute Gasteiger partial charge is 0.351 e. The Balaban J connectivity index is 2.00. The van der Waals surface area contributed by atoms with Crippen LogP contribution >= 0.6 is 0 Å². The Morgan fingerprint density at radius 2 is 1.93 bits per heavy atom. The van der Waals surface area contributed by atoms with E-state index >= 15 is 0 Å². The second-order valence-corrected chi connectivity index (χ2v) is 3.36. The lowest BCUT2D eigenvalue weighted by atomic mass is 10.1. The van der Waals surface area contributed by atoms with E-state index in [-0.39, 0.29) is 0 Å². The Bertz CT molecular complexity index is 287. The van der Waals surface area contributed by atoms with Gasteiger partial charge in [-0.1, -0.05) is 30.3 Å². The van der Waals surface area contributed by atoms with E-state index < -0.39 is 6.03 Å². The number of aryl methyl sites for hydroxylation is 1. The molecule has 15 heavy (non-hydrogen) atoms. The third-order valence-electron chi connectivity index (χ3n) is 2.07. The van der Waals surface area contributed by atoms with Gasteiger partial charge in [0.25, 0.3) is 0 Å². The first kappa shape index (κ1) is 11.5. The highest BCUT2D eigenvalue weighted by Gasteiger charge is 1.93. The minimum absolute atomic E-state index is 0.543. The fraction of sp³-hybridized carbons (Fsp3) is 0.364. The molecule has 0 unspecified atom stereocenters. The highest BCUT2D eigenvalue weighted by atomic mass is 16.2. The first-order valence-electron chi connectivity index (χ1n) is 5.11. The Hall–Kier alpha value is -1.55. The molecule has 82 valence electrons. The average Bonchev–Trinajstić information content (AvgIpc) is 2.24. The van der Waals surface area contributed by atoms with Crippen LogP contribution in [0.25, 0.3) is 0 Å². The maximum atomic E-state index is 10.3. The summed E-state index contributed by atoms with van der Waals surface area (Å²) < 4.78 is 0. The smallest absolute Gasteiger partial charge is 0.326 e. The molecular formula is C11H17N3O. The lowest BCUT2D eigenvalue weighted by Crippen LogP contribution is -2.41. The lowest BCUT2D eigenvalue weighted by molar-refractivity contribution is 0.244. The van der Waals surface area contributed by atoms with Gasteiger partial charge in [-0.3, -0.25) is 5.43 Å². The van der Waals surface area contributed by atoms with Gasteiger partial charge in [-0.25, -0.2) is 10.2 Å². The molecule has 1 rings (SSSR count). The number of rotatable bonds is 6. The Morgan fingerprint density at radius 3 is 2.60 bits per heavy atom. The minimum Gasteiger partial charge on any atom is -0.351 e. The molecule has 1 aromatic rings. The summed E-state index contributed by atoms with van der Waals surface area (Å²) in [5.41, 5.74) is 11.3. The van der Waals surface area contributed by atoms with E-state index in [2.05, 4.69) is 23.0 Å². The van der Waals surface area contributed by atoms with Crippen molar-refractivity contribution in [1.82, 2.24) is 10.9 Å². The van der Waals surface area contributed by atoms with Crippen LogP contribution in [-0.2, 0) is 6.42 Å². The maximum Gasteiger partial charge on any atom is 0.326 e. The highest BCUT2D eigenvalue weighted by molar-refractivity contribution is 5.70. The molecule has 0 heterocycles. The molecule has 0 bridgehead atoms. The molecule has 0 saturated heterocycles. The van der Waals surface area contributed by atoms with E-state index in [0.717, 1.165) is 25.8 Å². The number of nitrogens with two attached hydrogens (primary N) is 1. The molecule has 0 aliphatic carbocycles. The fourth-order valence-electron chi connectivity index (χ4n) is 1.34. The molecule has 0 aliphatic rings. The standard InChI is InChI=1S/C11H17N3O/c12-11(15)14-13-9-5-4-8-10-6-2-1-3-7-10/h1-3,6-7,13H,4-5,8-9H2,(H3,12,14,15). The van der Waals surface area contributed by atoms with Crippen molar-refractivity contribution in [3.63, 3.8) is 0 Å². The molecule has 0 aliphatic heterocycles. The number of carbonyl (C=O) groups excluding carboxylic acids is 1. The lowest BCUT2D eigenvalue weighted by Gasteiger charge is -2.04. The number of hydrogen-bond donors (Lipinski definition) is 3. The number of benzene rings is 1. The SMILES string of the molecule is NC(=O)NNCCCCc1ccccc1. The van der Waals surface area contributed by atoms with Crippen molar-refractivity contribution < 1.29 is 4.79 Å². The van der Waals surface area contributed by atoms with Crippen molar-refractivity contribution in [1.29, 1.82) is 0 Å². The zero-order valence-corrected chi connectivity index (χ0v) is 8.70. The number of hydrazine groups is 1. The van der Waals surface area contributed by atoms with Crippen molar-refractivity contribution in [3.8, 4) is 0 Å². The number of urea groups is 1. The molecule has 0 spiro atoms. The molecule has 4 nitrogen and oxygen atoms in total. The number of primary amides is 1. The fourth-order valence-corrected chi connectivity index (χ4v) is 1.34. The quantitative estimate of drug-likeness (QED) is 0.484. The summed E-state index contributed by atoms with van der Waals surface area (Å²) in [7, 11) is 0. The molecule has 0 saturated carbocycles. The molecule has 0 radical (unpaired) electrons. The summed E-state index contributed by atoms with van der Waals surface area (Å²) in [6, 6.07) is 9.80. The van der Waals surface area contributed by atoms with Gasteiger partial charge in [-0.15, -0.1) is 0 Å². The summed E-state index contributed by atoms with van der Waals surface area (Å²) in [6.07, 6.45) is 3.17. The van der Waals surface area contributed by atoms with E-state index in [9.17, 15) is 4.79 Å². The van der Waals surface area contributed by atoms with Crippen molar-refractivity contribution in [2.24, 2.45) is 5.73 Å². The van der Waals surface area contributed by atoms with Crippen LogP contribution in [0.5, 0.6) is 0 Å². The number of amides is 2. The van der Waals surface area contributed by atoms with Crippen LogP contribution in [-0.4, -0.2) is 12.6 Å². The predicted octanol–water partition coefficient (Wildman–Crippen LogP) is 1.18. The molecule has 4 heteroatoms. The Labute approximate surface area is 89.8 Å². The predicted molar refractivity (Wildman–Crippen MR) is 60.1 cm³/mol. The van der Waals surface area contributed by atoms with E-state index in [4.69, 9.17) is 5.73 Å². The van der Waals surface area contributed by atoms with Gasteiger partial charge < -0.3 is 5.73 Å². The second kappa shape index (κ2) is 6.84. The molecule has 2 amide bonds. The van der Waals surface area contributed by atoms with E-state index in [1.54, 1.807) is 0 Å². The van der Waals surface area contributed by atoms with Gasteiger partial charge in [-0.2, -0.15) is 0 Å². The summed E-state index contributed by atoms with van der Waals surface area (Å²) in [4.78, 5) is 10.3. The van der Waals surface area contributed by atoms with Gasteiger partial charge in [0.1, 0.15) is 0 Å². The van der Waals surface area contributed by atoms with Gasteiger partial charge in [0.15, 0.2) is 0 Å². The first-order valence-corrected chi connectivity index (χ1v) is 5.11. The van der Waals surface area contributed by atoms with Crippen LogP contribution in [0, 0.1) is 0 Å². The van der Waals surface area contributed by atoms with Gasteiger partial charge in [-0.05, 0) is 24.8 Å². The molecule has 0 atom stereocenters. The van der Waals surface area contributed by atoms with E-state index in [0.29, 0.717) is 0 Å². The van der Waals surface area contributed by atoms with Crippen LogP contribution in [0.2, 0.25) is 0 Å². The maximum absolute atomic E-state index is 10.3. The molecule has 4 N–H and O–H groups in total. The third-order valence-corrected chi connectivity index (χ3v) is 2.07. The molecule has 0 aromatic heterocycles. The summed E-state index contributed by atoms with van der Waals surface area (Å²) in [5, 5.41) is 0. The van der Waals surface area contributed by atoms with Crippen molar-refractivity contribution in [3.05, 3.63) is 35.9 Å². The Kier molecular flexibility index (Phi) is 5.25. The minimum atomic E-state index is -0.543. The summed E-state index contributed by atoms with van der Waals surface area (Å²) in [5.74, 6) is 0. The van der Waals surface area contributed by atoms with Gasteiger partial charge in [0, 0.05) is 6.54 Å². The van der Waals surface area contributed by atoms with Gasteiger partial charge >= 0.3 is 6.03 Å². The van der Waals surface area contributed by atoms with Crippen LogP contribution < -0.4 is 16.6 Å². The van der Waals surface area contributed by atoms with Crippen LogP contribution in [0.15, 0.2) is 30.3 Å². The topological polar surface area (TPSA) is 67.2 Å². The van der Waals surface area contributed by atoms with Crippen LogP contribution in [0.3, 0.4) is 0 Å². The zero-order valence-electron chi connectivity index (χ0n) is 8.70. The summed E-state index contributed by atoms with van der Waals surface area (Å²) >= 11 is 0. The number of unbranched alkanes of at least 4 members (excludes halogenated alkanes) is 1. The summed E-state index contributed by atoms with van der Waals surface area (Å²) in [6.45, 7) is 0.746. The number of carbonyl (C=O) groups is 1. The van der Waals surface area contributed by atoms with Crippen LogP contribution in [0.4, 0.5) is 4.79 Å².